The minimum absolute atomic E-state index is 0.0401. The molecule has 0 aliphatic heterocycles. The minimum Gasteiger partial charge on any atom is -0.798 e. The molecule has 0 aromatic carbocycles. The van der Waals surface area contributed by atoms with E-state index >= 15 is 0 Å². The lowest BCUT2D eigenvalue weighted by atomic mass is 10.4. The highest BCUT2D eigenvalue weighted by atomic mass is 31.2. The van der Waals surface area contributed by atoms with Crippen LogP contribution < -0.4 is 4.89 Å². The van der Waals surface area contributed by atoms with Crippen molar-refractivity contribution in [3.8, 4) is 6.07 Å². The quantitative estimate of drug-likeness (QED) is 0.645. The zero-order chi connectivity index (χ0) is 9.61. The standard InChI is InChI=1S/C7H14NO3P/c1-2-4-7(9)12(10,11)6-3-5-8/h7,9H,2-4,6H2,1H3,(H,10,11)/p-1. The Kier molecular flexibility index (Phi) is 5.16. The number of aliphatic hydroxyl groups is 1. The van der Waals surface area contributed by atoms with Gasteiger partial charge in [0.05, 0.1) is 11.9 Å². The molecule has 2 unspecified atom stereocenters. The summed E-state index contributed by atoms with van der Waals surface area (Å²) in [5.41, 5.74) is 0. The molecule has 2 atom stereocenters. The Morgan fingerprint density at radius 3 is 2.75 bits per heavy atom. The van der Waals surface area contributed by atoms with Crippen molar-refractivity contribution in [1.29, 1.82) is 5.26 Å². The van der Waals surface area contributed by atoms with Gasteiger partial charge >= 0.3 is 0 Å². The largest absolute Gasteiger partial charge is 0.798 e. The highest BCUT2D eigenvalue weighted by molar-refractivity contribution is 7.57. The molecule has 4 nitrogen and oxygen atoms in total. The van der Waals surface area contributed by atoms with Gasteiger partial charge in [0.15, 0.2) is 0 Å². The number of rotatable bonds is 5. The average Bonchev–Trinajstić information content (AvgIpc) is 2.01. The third-order valence-electron chi connectivity index (χ3n) is 1.54. The predicted octanol–water partition coefficient (Wildman–Crippen LogP) is 0.657. The van der Waals surface area contributed by atoms with E-state index in [-0.39, 0.29) is 19.0 Å². The first-order chi connectivity index (χ1) is 5.54. The molecule has 0 radical (unpaired) electrons. The lowest BCUT2D eigenvalue weighted by Crippen LogP contribution is -2.19. The van der Waals surface area contributed by atoms with Crippen LogP contribution in [0.5, 0.6) is 0 Å². The summed E-state index contributed by atoms with van der Waals surface area (Å²) >= 11 is 0. The van der Waals surface area contributed by atoms with Crippen molar-refractivity contribution in [2.24, 2.45) is 0 Å². The first kappa shape index (κ1) is 11.6. The molecule has 0 heterocycles. The molecule has 5 heteroatoms. The van der Waals surface area contributed by atoms with E-state index in [1.165, 1.54) is 0 Å². The van der Waals surface area contributed by atoms with Gasteiger partial charge in [0.25, 0.3) is 0 Å². The molecule has 0 aromatic heterocycles. The molecule has 0 saturated heterocycles. The van der Waals surface area contributed by atoms with E-state index in [0.29, 0.717) is 6.42 Å². The van der Waals surface area contributed by atoms with Crippen molar-refractivity contribution in [1.82, 2.24) is 0 Å². The molecular formula is C7H13NO3P-. The number of hydrogen-bond acceptors (Lipinski definition) is 4. The third-order valence-corrected chi connectivity index (χ3v) is 3.55. The minimum atomic E-state index is -3.73. The van der Waals surface area contributed by atoms with E-state index in [4.69, 9.17) is 10.4 Å². The molecule has 0 bridgehead atoms. The second-order valence-corrected chi connectivity index (χ2v) is 5.12. The fourth-order valence-electron chi connectivity index (χ4n) is 0.810. The topological polar surface area (TPSA) is 84.2 Å². The van der Waals surface area contributed by atoms with Gasteiger partial charge in [-0.25, -0.2) is 0 Å². The Bertz CT molecular complexity index is 211. The molecule has 70 valence electrons. The summed E-state index contributed by atoms with van der Waals surface area (Å²) in [5, 5.41) is 17.3. The van der Waals surface area contributed by atoms with Gasteiger partial charge in [-0.2, -0.15) is 5.26 Å². The Balaban J connectivity index is 4.02. The molecule has 0 rings (SSSR count). The van der Waals surface area contributed by atoms with Crippen molar-refractivity contribution >= 4 is 7.37 Å². The predicted molar refractivity (Wildman–Crippen MR) is 43.6 cm³/mol. The van der Waals surface area contributed by atoms with E-state index in [0.717, 1.165) is 0 Å². The highest BCUT2D eigenvalue weighted by Gasteiger charge is 2.17. The summed E-state index contributed by atoms with van der Waals surface area (Å²) in [7, 11) is -3.73. The van der Waals surface area contributed by atoms with Crippen LogP contribution in [0.4, 0.5) is 0 Å². The van der Waals surface area contributed by atoms with Gasteiger partial charge in [0.2, 0.25) is 0 Å². The van der Waals surface area contributed by atoms with Gasteiger partial charge in [-0.15, -0.1) is 0 Å². The second kappa shape index (κ2) is 5.31. The van der Waals surface area contributed by atoms with E-state index in [1.807, 2.05) is 0 Å². The molecule has 0 saturated carbocycles. The van der Waals surface area contributed by atoms with E-state index in [2.05, 4.69) is 0 Å². The summed E-state index contributed by atoms with van der Waals surface area (Å²) in [5.74, 6) is -1.27. The molecule has 0 aliphatic carbocycles. The van der Waals surface area contributed by atoms with Crippen LogP contribution in [0.25, 0.3) is 0 Å². The SMILES string of the molecule is CCCC(O)P(=O)([O-])CCC#N. The first-order valence-corrected chi connectivity index (χ1v) is 5.77. The van der Waals surface area contributed by atoms with Crippen molar-refractivity contribution < 1.29 is 14.6 Å². The molecule has 0 aromatic rings. The van der Waals surface area contributed by atoms with Gasteiger partial charge in [0.1, 0.15) is 0 Å². The molecular weight excluding hydrogens is 177 g/mol. The number of nitriles is 1. The van der Waals surface area contributed by atoms with E-state index in [9.17, 15) is 9.46 Å². The number of hydrogen-bond donors (Lipinski definition) is 1. The van der Waals surface area contributed by atoms with Gasteiger partial charge in [-0.05, 0) is 6.42 Å². The maximum atomic E-state index is 11.1. The van der Waals surface area contributed by atoms with Crippen molar-refractivity contribution in [3.63, 3.8) is 0 Å². The van der Waals surface area contributed by atoms with E-state index < -0.39 is 13.2 Å². The zero-order valence-corrected chi connectivity index (χ0v) is 7.96. The monoisotopic (exact) mass is 190 g/mol. The molecule has 0 spiro atoms. The first-order valence-electron chi connectivity index (χ1n) is 3.89. The fraction of sp³-hybridized carbons (Fsp3) is 0.857. The Morgan fingerprint density at radius 1 is 1.75 bits per heavy atom. The van der Waals surface area contributed by atoms with Crippen LogP contribution in [0.1, 0.15) is 26.2 Å². The van der Waals surface area contributed by atoms with Gasteiger partial charge < -0.3 is 14.6 Å². The maximum Gasteiger partial charge on any atom is 0.0942 e. The lowest BCUT2D eigenvalue weighted by Gasteiger charge is -2.27. The molecule has 0 aliphatic rings. The summed E-state index contributed by atoms with van der Waals surface area (Å²) in [6, 6.07) is 1.74. The maximum absolute atomic E-state index is 11.1. The van der Waals surface area contributed by atoms with Gasteiger partial charge in [-0.1, -0.05) is 13.3 Å². The summed E-state index contributed by atoms with van der Waals surface area (Å²) < 4.78 is 11.1. The molecule has 12 heavy (non-hydrogen) atoms. The summed E-state index contributed by atoms with van der Waals surface area (Å²) in [6.07, 6.45) is 0.623. The molecule has 0 amide bonds. The smallest absolute Gasteiger partial charge is 0.0942 e. The van der Waals surface area contributed by atoms with E-state index in [1.54, 1.807) is 13.0 Å². The Hall–Kier alpha value is -0.360. The van der Waals surface area contributed by atoms with Crippen LogP contribution in [0.15, 0.2) is 0 Å². The third kappa shape index (κ3) is 3.87. The highest BCUT2D eigenvalue weighted by Crippen LogP contribution is 2.42. The van der Waals surface area contributed by atoms with Crippen LogP contribution in [-0.2, 0) is 4.57 Å². The zero-order valence-electron chi connectivity index (χ0n) is 7.06. The van der Waals surface area contributed by atoms with Gasteiger partial charge in [0, 0.05) is 20.0 Å². The van der Waals surface area contributed by atoms with Crippen LogP contribution in [-0.4, -0.2) is 17.1 Å². The van der Waals surface area contributed by atoms with Crippen molar-refractivity contribution in [3.05, 3.63) is 0 Å². The molecule has 0 fully saturated rings. The summed E-state index contributed by atoms with van der Waals surface area (Å²) in [4.78, 5) is 11.1. The second-order valence-electron chi connectivity index (χ2n) is 2.63. The van der Waals surface area contributed by atoms with Crippen LogP contribution in [0, 0.1) is 11.3 Å². The van der Waals surface area contributed by atoms with Crippen molar-refractivity contribution in [2.45, 2.75) is 32.0 Å². The van der Waals surface area contributed by atoms with Crippen LogP contribution in [0.2, 0.25) is 0 Å². The van der Waals surface area contributed by atoms with Gasteiger partial charge in [-0.3, -0.25) is 0 Å². The Labute approximate surface area is 72.3 Å². The van der Waals surface area contributed by atoms with Crippen molar-refractivity contribution in [2.75, 3.05) is 6.16 Å². The average molecular weight is 190 g/mol. The summed E-state index contributed by atoms with van der Waals surface area (Å²) in [6.45, 7) is 1.80. The molecule has 1 N–H and O–H groups in total. The Morgan fingerprint density at radius 2 is 2.33 bits per heavy atom. The number of aliphatic hydroxyl groups excluding tert-OH is 1. The van der Waals surface area contributed by atoms with Crippen LogP contribution in [0.3, 0.4) is 0 Å². The van der Waals surface area contributed by atoms with Crippen LogP contribution >= 0.6 is 7.37 Å². The normalized spacial score (nSPS) is 17.8. The fourth-order valence-corrected chi connectivity index (χ4v) is 2.17. The number of nitrogens with zero attached hydrogens (tertiary/aromatic N) is 1. The lowest BCUT2D eigenvalue weighted by molar-refractivity contribution is -0.183.